The average Bonchev–Trinajstić information content (AvgIpc) is 2.09. The van der Waals surface area contributed by atoms with Crippen molar-refractivity contribution in [2.75, 3.05) is 29.6 Å². The van der Waals surface area contributed by atoms with Crippen LogP contribution in [-0.4, -0.2) is 36.9 Å². The van der Waals surface area contributed by atoms with Crippen molar-refractivity contribution < 1.29 is 8.42 Å². The lowest BCUT2D eigenvalue weighted by Gasteiger charge is -2.06. The number of nitrogens with two attached hydrogens (primary N) is 1. The quantitative estimate of drug-likeness (QED) is 0.719. The molecule has 1 rings (SSSR count). The number of nitrogen functional groups attached to an aromatic ring is 1. The monoisotopic (exact) mass is 244 g/mol. The van der Waals surface area contributed by atoms with Crippen LogP contribution in [0.2, 0.25) is 0 Å². The predicted molar refractivity (Wildman–Crippen MR) is 64.0 cm³/mol. The first-order valence-electron chi connectivity index (χ1n) is 4.89. The van der Waals surface area contributed by atoms with Crippen LogP contribution in [0, 0.1) is 6.92 Å². The van der Waals surface area contributed by atoms with Crippen molar-refractivity contribution in [1.82, 2.24) is 9.97 Å². The second-order valence-corrected chi connectivity index (χ2v) is 5.92. The Hall–Kier alpha value is -1.37. The fourth-order valence-electron chi connectivity index (χ4n) is 1.23. The first-order chi connectivity index (χ1) is 7.37. The van der Waals surface area contributed by atoms with E-state index in [-0.39, 0.29) is 11.7 Å². The van der Waals surface area contributed by atoms with Gasteiger partial charge in [0.25, 0.3) is 0 Å². The first-order valence-corrected chi connectivity index (χ1v) is 6.95. The summed E-state index contributed by atoms with van der Waals surface area (Å²) in [4.78, 5) is 7.91. The molecule has 0 radical (unpaired) electrons. The number of aryl methyl sites for hydroxylation is 1. The summed E-state index contributed by atoms with van der Waals surface area (Å²) in [6, 6.07) is 1.76. The molecule has 0 aliphatic rings. The summed E-state index contributed by atoms with van der Waals surface area (Å²) >= 11 is 0. The number of hydrogen-bond donors (Lipinski definition) is 2. The molecule has 0 aliphatic heterocycles. The molecule has 0 atom stereocenters. The van der Waals surface area contributed by atoms with Gasteiger partial charge in [0, 0.05) is 24.6 Å². The second kappa shape index (κ2) is 5.11. The smallest absolute Gasteiger partial charge is 0.222 e. The standard InChI is InChI=1S/C9H16N4O2S/c1-7-6-8(13-9(10)12-7)11-4-3-5-16(2,14)15/h6H,3-5H2,1-2H3,(H3,10,11,12,13). The summed E-state index contributed by atoms with van der Waals surface area (Å²) in [5.74, 6) is 1.00. The van der Waals surface area contributed by atoms with Crippen molar-refractivity contribution in [3.8, 4) is 0 Å². The Morgan fingerprint density at radius 3 is 2.69 bits per heavy atom. The zero-order valence-electron chi connectivity index (χ0n) is 9.40. The molecule has 7 heteroatoms. The zero-order valence-corrected chi connectivity index (χ0v) is 10.2. The van der Waals surface area contributed by atoms with Crippen molar-refractivity contribution in [2.24, 2.45) is 0 Å². The third-order valence-corrected chi connectivity index (χ3v) is 2.90. The molecule has 1 aromatic heterocycles. The van der Waals surface area contributed by atoms with E-state index < -0.39 is 9.84 Å². The molecule has 90 valence electrons. The maximum absolute atomic E-state index is 10.9. The summed E-state index contributed by atoms with van der Waals surface area (Å²) in [5.41, 5.74) is 6.25. The van der Waals surface area contributed by atoms with Gasteiger partial charge in [-0.05, 0) is 13.3 Å². The van der Waals surface area contributed by atoms with E-state index in [9.17, 15) is 8.42 Å². The molecule has 0 aliphatic carbocycles. The molecule has 0 saturated heterocycles. The van der Waals surface area contributed by atoms with Gasteiger partial charge in [-0.15, -0.1) is 0 Å². The van der Waals surface area contributed by atoms with Crippen LogP contribution < -0.4 is 11.1 Å². The van der Waals surface area contributed by atoms with E-state index in [0.29, 0.717) is 18.8 Å². The Morgan fingerprint density at radius 2 is 2.12 bits per heavy atom. The molecule has 3 N–H and O–H groups in total. The van der Waals surface area contributed by atoms with Crippen LogP contribution in [0.15, 0.2) is 6.07 Å². The first kappa shape index (κ1) is 12.7. The van der Waals surface area contributed by atoms with E-state index in [0.717, 1.165) is 5.69 Å². The van der Waals surface area contributed by atoms with Gasteiger partial charge >= 0.3 is 0 Å². The Balaban J connectivity index is 2.43. The lowest BCUT2D eigenvalue weighted by molar-refractivity contribution is 0.600. The van der Waals surface area contributed by atoms with Crippen LogP contribution in [0.5, 0.6) is 0 Å². The summed E-state index contributed by atoms with van der Waals surface area (Å²) in [6.07, 6.45) is 1.77. The minimum atomic E-state index is -2.89. The molecule has 0 bridgehead atoms. The lowest BCUT2D eigenvalue weighted by atomic mass is 10.4. The number of sulfone groups is 1. The highest BCUT2D eigenvalue weighted by molar-refractivity contribution is 7.90. The van der Waals surface area contributed by atoms with Gasteiger partial charge in [0.15, 0.2) is 0 Å². The molecular weight excluding hydrogens is 228 g/mol. The third-order valence-electron chi connectivity index (χ3n) is 1.87. The topological polar surface area (TPSA) is 98.0 Å². The molecule has 1 aromatic rings. The number of aromatic nitrogens is 2. The third kappa shape index (κ3) is 4.92. The highest BCUT2D eigenvalue weighted by Crippen LogP contribution is 2.06. The maximum atomic E-state index is 10.9. The van der Waals surface area contributed by atoms with Gasteiger partial charge in [0.1, 0.15) is 15.7 Å². The van der Waals surface area contributed by atoms with Gasteiger partial charge in [0.05, 0.1) is 5.75 Å². The Morgan fingerprint density at radius 1 is 1.44 bits per heavy atom. The van der Waals surface area contributed by atoms with Gasteiger partial charge in [-0.25, -0.2) is 13.4 Å². The molecule has 1 heterocycles. The largest absolute Gasteiger partial charge is 0.370 e. The summed E-state index contributed by atoms with van der Waals surface area (Å²) in [5, 5.41) is 3.00. The molecule has 0 spiro atoms. The minimum absolute atomic E-state index is 0.166. The average molecular weight is 244 g/mol. The minimum Gasteiger partial charge on any atom is -0.370 e. The lowest BCUT2D eigenvalue weighted by Crippen LogP contribution is -2.11. The van der Waals surface area contributed by atoms with E-state index in [4.69, 9.17) is 5.73 Å². The number of anilines is 2. The van der Waals surface area contributed by atoms with E-state index in [1.165, 1.54) is 6.26 Å². The molecular formula is C9H16N4O2S. The fourth-order valence-corrected chi connectivity index (χ4v) is 1.90. The molecule has 0 fully saturated rings. The van der Waals surface area contributed by atoms with Crippen LogP contribution in [-0.2, 0) is 9.84 Å². The van der Waals surface area contributed by atoms with E-state index >= 15 is 0 Å². The second-order valence-electron chi connectivity index (χ2n) is 3.66. The summed E-state index contributed by atoms with van der Waals surface area (Å²) < 4.78 is 21.8. The molecule has 16 heavy (non-hydrogen) atoms. The van der Waals surface area contributed by atoms with Gasteiger partial charge < -0.3 is 11.1 Å². The fraction of sp³-hybridized carbons (Fsp3) is 0.556. The highest BCUT2D eigenvalue weighted by Gasteiger charge is 2.02. The van der Waals surface area contributed by atoms with Crippen molar-refractivity contribution in [3.63, 3.8) is 0 Å². The maximum Gasteiger partial charge on any atom is 0.222 e. The predicted octanol–water partition coefficient (Wildman–Crippen LogP) is 0.214. The highest BCUT2D eigenvalue weighted by atomic mass is 32.2. The molecule has 0 unspecified atom stereocenters. The van der Waals surface area contributed by atoms with Crippen LogP contribution in [0.4, 0.5) is 11.8 Å². The van der Waals surface area contributed by atoms with E-state index in [2.05, 4.69) is 15.3 Å². The summed E-state index contributed by atoms with van der Waals surface area (Å²) in [6.45, 7) is 2.36. The molecule has 0 aromatic carbocycles. The van der Waals surface area contributed by atoms with Crippen LogP contribution in [0.1, 0.15) is 12.1 Å². The van der Waals surface area contributed by atoms with Crippen LogP contribution >= 0.6 is 0 Å². The number of nitrogens with one attached hydrogen (secondary N) is 1. The van der Waals surface area contributed by atoms with E-state index in [1.807, 2.05) is 6.92 Å². The van der Waals surface area contributed by atoms with Crippen molar-refractivity contribution in [2.45, 2.75) is 13.3 Å². The Kier molecular flexibility index (Phi) is 4.05. The van der Waals surface area contributed by atoms with Gasteiger partial charge in [0.2, 0.25) is 5.95 Å². The van der Waals surface area contributed by atoms with Crippen LogP contribution in [0.3, 0.4) is 0 Å². The molecule has 6 nitrogen and oxygen atoms in total. The van der Waals surface area contributed by atoms with Gasteiger partial charge in [-0.1, -0.05) is 0 Å². The molecule has 0 amide bonds. The van der Waals surface area contributed by atoms with Crippen molar-refractivity contribution in [3.05, 3.63) is 11.8 Å². The Labute approximate surface area is 95.2 Å². The van der Waals surface area contributed by atoms with E-state index in [1.54, 1.807) is 6.07 Å². The normalized spacial score (nSPS) is 11.4. The molecule has 0 saturated carbocycles. The van der Waals surface area contributed by atoms with Gasteiger partial charge in [-0.3, -0.25) is 0 Å². The van der Waals surface area contributed by atoms with Crippen molar-refractivity contribution >= 4 is 21.6 Å². The SMILES string of the molecule is Cc1cc(NCCCS(C)(=O)=O)nc(N)n1. The summed E-state index contributed by atoms with van der Waals surface area (Å²) in [7, 11) is -2.89. The Bertz CT molecular complexity index is 438. The van der Waals surface area contributed by atoms with Crippen molar-refractivity contribution in [1.29, 1.82) is 0 Å². The number of rotatable bonds is 5. The van der Waals surface area contributed by atoms with Gasteiger partial charge in [-0.2, -0.15) is 4.98 Å². The number of hydrogen-bond acceptors (Lipinski definition) is 6. The van der Waals surface area contributed by atoms with Crippen LogP contribution in [0.25, 0.3) is 0 Å². The number of nitrogens with zero attached hydrogens (tertiary/aromatic N) is 2. The zero-order chi connectivity index (χ0) is 12.2.